The van der Waals surface area contributed by atoms with Crippen molar-refractivity contribution in [2.75, 3.05) is 5.32 Å². The topological polar surface area (TPSA) is 21.3 Å². The first-order valence-electron chi connectivity index (χ1n) is 6.22. The zero-order valence-corrected chi connectivity index (χ0v) is 12.7. The molecule has 0 bridgehead atoms. The molecule has 112 valence electrons. The predicted octanol–water partition coefficient (Wildman–Crippen LogP) is 5.36. The third-order valence-corrected chi connectivity index (χ3v) is 3.38. The molecule has 1 atom stereocenters. The zero-order valence-electron chi connectivity index (χ0n) is 11.1. The van der Waals surface area contributed by atoms with Gasteiger partial charge in [0.1, 0.15) is 11.6 Å². The lowest BCUT2D eigenvalue weighted by atomic mass is 10.1. The zero-order chi connectivity index (χ0) is 15.4. The van der Waals surface area contributed by atoms with E-state index in [1.165, 1.54) is 18.2 Å². The van der Waals surface area contributed by atoms with Crippen LogP contribution in [0.25, 0.3) is 0 Å². The Bertz CT molecular complexity index is 604. The summed E-state index contributed by atoms with van der Waals surface area (Å²) in [6, 6.07) is 10.5. The molecular weight excluding hydrogens is 347 g/mol. The molecule has 0 heterocycles. The maximum atomic E-state index is 13.8. The first-order chi connectivity index (χ1) is 9.95. The minimum Gasteiger partial charge on any atom is -0.435 e. The van der Waals surface area contributed by atoms with Gasteiger partial charge in [0, 0.05) is 15.7 Å². The molecule has 0 aliphatic rings. The Kier molecular flexibility index (Phi) is 5.12. The number of halogens is 4. The maximum Gasteiger partial charge on any atom is 0.387 e. The van der Waals surface area contributed by atoms with Gasteiger partial charge < -0.3 is 10.1 Å². The van der Waals surface area contributed by atoms with Crippen LogP contribution in [0.5, 0.6) is 5.75 Å². The molecule has 0 aliphatic heterocycles. The van der Waals surface area contributed by atoms with Gasteiger partial charge in [-0.25, -0.2) is 4.39 Å². The Morgan fingerprint density at radius 3 is 2.38 bits per heavy atom. The number of hydrogen-bond donors (Lipinski definition) is 1. The second kappa shape index (κ2) is 6.85. The van der Waals surface area contributed by atoms with E-state index in [0.29, 0.717) is 11.3 Å². The summed E-state index contributed by atoms with van der Waals surface area (Å²) in [5.41, 5.74) is 1.20. The van der Waals surface area contributed by atoms with Crippen molar-refractivity contribution < 1.29 is 17.9 Å². The fourth-order valence-corrected chi connectivity index (χ4v) is 2.29. The van der Waals surface area contributed by atoms with Crippen molar-refractivity contribution in [3.05, 3.63) is 58.3 Å². The van der Waals surface area contributed by atoms with Gasteiger partial charge in [-0.1, -0.05) is 15.9 Å². The Morgan fingerprint density at radius 2 is 1.76 bits per heavy atom. The van der Waals surface area contributed by atoms with Crippen molar-refractivity contribution in [3.8, 4) is 5.75 Å². The van der Waals surface area contributed by atoms with Crippen molar-refractivity contribution in [1.82, 2.24) is 0 Å². The van der Waals surface area contributed by atoms with Gasteiger partial charge in [-0.15, -0.1) is 0 Å². The third kappa shape index (κ3) is 4.39. The summed E-state index contributed by atoms with van der Waals surface area (Å²) < 4.78 is 42.9. The van der Waals surface area contributed by atoms with Gasteiger partial charge >= 0.3 is 6.61 Å². The maximum absolute atomic E-state index is 13.8. The molecule has 0 radical (unpaired) electrons. The quantitative estimate of drug-likeness (QED) is 0.775. The lowest BCUT2D eigenvalue weighted by Crippen LogP contribution is -2.09. The van der Waals surface area contributed by atoms with Crippen LogP contribution in [0, 0.1) is 5.82 Å². The van der Waals surface area contributed by atoms with Crippen LogP contribution >= 0.6 is 15.9 Å². The van der Waals surface area contributed by atoms with E-state index in [1.54, 1.807) is 24.3 Å². The van der Waals surface area contributed by atoms with Gasteiger partial charge in [0.15, 0.2) is 0 Å². The number of nitrogens with one attached hydrogen (secondary N) is 1. The monoisotopic (exact) mass is 359 g/mol. The van der Waals surface area contributed by atoms with Crippen LogP contribution in [0.2, 0.25) is 0 Å². The summed E-state index contributed by atoms with van der Waals surface area (Å²) in [6.45, 7) is -1.03. The van der Waals surface area contributed by atoms with Crippen LogP contribution < -0.4 is 10.1 Å². The lowest BCUT2D eigenvalue weighted by molar-refractivity contribution is -0.0498. The Morgan fingerprint density at radius 1 is 1.10 bits per heavy atom. The molecule has 0 aromatic heterocycles. The van der Waals surface area contributed by atoms with Gasteiger partial charge in [0.05, 0.1) is 6.04 Å². The smallest absolute Gasteiger partial charge is 0.387 e. The van der Waals surface area contributed by atoms with Gasteiger partial charge in [0.25, 0.3) is 0 Å². The van der Waals surface area contributed by atoms with E-state index in [1.807, 2.05) is 6.92 Å². The molecule has 2 nitrogen and oxygen atoms in total. The largest absolute Gasteiger partial charge is 0.435 e. The molecule has 1 N–H and O–H groups in total. The van der Waals surface area contributed by atoms with Gasteiger partial charge in [0.2, 0.25) is 0 Å². The Labute approximate surface area is 129 Å². The first-order valence-corrected chi connectivity index (χ1v) is 7.01. The van der Waals surface area contributed by atoms with Crippen molar-refractivity contribution in [2.24, 2.45) is 0 Å². The van der Waals surface area contributed by atoms with Crippen molar-refractivity contribution >= 4 is 21.6 Å². The van der Waals surface area contributed by atoms with Crippen molar-refractivity contribution in [1.29, 1.82) is 0 Å². The molecule has 0 spiro atoms. The molecule has 0 saturated carbocycles. The molecule has 0 fully saturated rings. The number of anilines is 1. The van der Waals surface area contributed by atoms with Crippen LogP contribution in [-0.4, -0.2) is 6.61 Å². The number of hydrogen-bond acceptors (Lipinski definition) is 2. The second-order valence-electron chi connectivity index (χ2n) is 4.43. The van der Waals surface area contributed by atoms with E-state index < -0.39 is 6.61 Å². The molecule has 6 heteroatoms. The Hall–Kier alpha value is -1.69. The van der Waals surface area contributed by atoms with E-state index in [9.17, 15) is 13.2 Å². The van der Waals surface area contributed by atoms with Gasteiger partial charge in [-0.05, 0) is 49.4 Å². The first kappa shape index (κ1) is 15.7. The molecule has 0 aliphatic carbocycles. The van der Waals surface area contributed by atoms with E-state index in [-0.39, 0.29) is 17.6 Å². The highest BCUT2D eigenvalue weighted by Crippen LogP contribution is 2.26. The number of benzene rings is 2. The molecule has 0 saturated heterocycles. The van der Waals surface area contributed by atoms with E-state index in [0.717, 1.165) is 4.47 Å². The van der Waals surface area contributed by atoms with Gasteiger partial charge in [-0.2, -0.15) is 8.78 Å². The van der Waals surface area contributed by atoms with Crippen LogP contribution in [-0.2, 0) is 0 Å². The normalized spacial score (nSPS) is 12.3. The average molecular weight is 360 g/mol. The average Bonchev–Trinajstić information content (AvgIpc) is 2.43. The lowest BCUT2D eigenvalue weighted by Gasteiger charge is -2.17. The molecule has 0 amide bonds. The molecular formula is C15H13BrF3NO. The summed E-state index contributed by atoms with van der Waals surface area (Å²) in [5, 5.41) is 3.10. The summed E-state index contributed by atoms with van der Waals surface area (Å²) in [6.07, 6.45) is 0. The van der Waals surface area contributed by atoms with Crippen LogP contribution in [0.4, 0.5) is 18.9 Å². The summed E-state index contributed by atoms with van der Waals surface area (Å²) in [7, 11) is 0. The van der Waals surface area contributed by atoms with E-state index >= 15 is 0 Å². The highest BCUT2D eigenvalue weighted by Gasteiger charge is 2.11. The minimum atomic E-state index is -2.85. The summed E-state index contributed by atoms with van der Waals surface area (Å²) in [5.74, 6) is -0.229. The second-order valence-corrected chi connectivity index (χ2v) is 5.35. The van der Waals surface area contributed by atoms with Crippen LogP contribution in [0.15, 0.2) is 46.9 Å². The molecule has 2 aromatic rings. The number of rotatable bonds is 5. The standard InChI is InChI=1S/C15H13BrF3NO/c1-9(13-8-10(16)2-7-14(13)17)20-11-3-5-12(6-4-11)21-15(18)19/h2-9,15,20H,1H3. The molecule has 2 rings (SSSR count). The van der Waals surface area contributed by atoms with Crippen LogP contribution in [0.1, 0.15) is 18.5 Å². The van der Waals surface area contributed by atoms with E-state index in [4.69, 9.17) is 0 Å². The van der Waals surface area contributed by atoms with E-state index in [2.05, 4.69) is 26.0 Å². The SMILES string of the molecule is CC(Nc1ccc(OC(F)F)cc1)c1cc(Br)ccc1F. The Balaban J connectivity index is 2.08. The predicted molar refractivity (Wildman–Crippen MR) is 79.2 cm³/mol. The number of alkyl halides is 2. The summed E-state index contributed by atoms with van der Waals surface area (Å²) in [4.78, 5) is 0. The summed E-state index contributed by atoms with van der Waals surface area (Å²) >= 11 is 3.30. The molecule has 1 unspecified atom stereocenters. The molecule has 2 aromatic carbocycles. The van der Waals surface area contributed by atoms with Crippen LogP contribution in [0.3, 0.4) is 0 Å². The fraction of sp³-hybridized carbons (Fsp3) is 0.200. The minimum absolute atomic E-state index is 0.0804. The molecule has 21 heavy (non-hydrogen) atoms. The van der Waals surface area contributed by atoms with Crippen molar-refractivity contribution in [3.63, 3.8) is 0 Å². The highest BCUT2D eigenvalue weighted by molar-refractivity contribution is 9.10. The highest BCUT2D eigenvalue weighted by atomic mass is 79.9. The fourth-order valence-electron chi connectivity index (χ4n) is 1.91. The van der Waals surface area contributed by atoms with Gasteiger partial charge in [-0.3, -0.25) is 0 Å². The van der Waals surface area contributed by atoms with Crippen molar-refractivity contribution in [2.45, 2.75) is 19.6 Å². The third-order valence-electron chi connectivity index (χ3n) is 2.89. The number of ether oxygens (including phenoxy) is 1.